The van der Waals surface area contributed by atoms with Gasteiger partial charge in [-0.15, -0.1) is 11.3 Å². The van der Waals surface area contributed by atoms with Crippen LogP contribution in [0.3, 0.4) is 0 Å². The Kier molecular flexibility index (Phi) is 9.33. The first-order valence-corrected chi connectivity index (χ1v) is 16.8. The summed E-state index contributed by atoms with van der Waals surface area (Å²) in [5.41, 5.74) is 2.17. The standard InChI is InChI=1S/C20H28N4O9S4/c1-3-33-16-6-4-15(5-7-16)18-8-9-19(34-18)37(31,32)24-12-11-23(14-17(24)20(25)22-26)36(29,30)13-10-21-35(2,27)28/h4-9,17,21,26H,3,10-14H2,1-2H3,(H,22,25)/t17-/m1/s1. The summed E-state index contributed by atoms with van der Waals surface area (Å²) in [7, 11) is -11.9. The monoisotopic (exact) mass is 596 g/mol. The van der Waals surface area contributed by atoms with Crippen LogP contribution in [0.4, 0.5) is 0 Å². The van der Waals surface area contributed by atoms with Crippen molar-refractivity contribution in [2.24, 2.45) is 0 Å². The Morgan fingerprint density at radius 3 is 2.35 bits per heavy atom. The number of hydroxylamine groups is 1. The van der Waals surface area contributed by atoms with E-state index in [4.69, 9.17) is 4.74 Å². The van der Waals surface area contributed by atoms with Crippen LogP contribution in [0.5, 0.6) is 5.75 Å². The molecule has 37 heavy (non-hydrogen) atoms. The molecule has 1 aromatic carbocycles. The Labute approximate surface area is 220 Å². The van der Waals surface area contributed by atoms with E-state index in [0.717, 1.165) is 31.8 Å². The van der Waals surface area contributed by atoms with Crippen LogP contribution in [0.2, 0.25) is 0 Å². The van der Waals surface area contributed by atoms with Gasteiger partial charge in [0.25, 0.3) is 15.9 Å². The summed E-state index contributed by atoms with van der Waals surface area (Å²) in [4.78, 5) is 13.1. The summed E-state index contributed by atoms with van der Waals surface area (Å²) in [6.45, 7) is 0.821. The minimum absolute atomic E-state index is 0.0548. The lowest BCUT2D eigenvalue weighted by Gasteiger charge is -2.38. The van der Waals surface area contributed by atoms with Gasteiger partial charge in [-0.2, -0.15) is 8.61 Å². The summed E-state index contributed by atoms with van der Waals surface area (Å²) >= 11 is 0.985. The van der Waals surface area contributed by atoms with E-state index in [0.29, 0.717) is 17.2 Å². The fraction of sp³-hybridized carbons (Fsp3) is 0.450. The number of nitrogens with one attached hydrogen (secondary N) is 2. The van der Waals surface area contributed by atoms with Gasteiger partial charge in [-0.3, -0.25) is 10.0 Å². The van der Waals surface area contributed by atoms with Crippen LogP contribution in [0.1, 0.15) is 6.92 Å². The van der Waals surface area contributed by atoms with Crippen LogP contribution in [-0.2, 0) is 34.9 Å². The van der Waals surface area contributed by atoms with Crippen molar-refractivity contribution in [3.8, 4) is 16.2 Å². The third-order valence-electron chi connectivity index (χ3n) is 5.42. The Bertz CT molecular complexity index is 1420. The zero-order valence-corrected chi connectivity index (χ0v) is 23.3. The molecule has 1 fully saturated rings. The van der Waals surface area contributed by atoms with Crippen molar-refractivity contribution in [3.63, 3.8) is 0 Å². The molecule has 0 aliphatic carbocycles. The third-order valence-corrected chi connectivity index (χ3v) is 11.5. The molecule has 17 heteroatoms. The molecular formula is C20H28N4O9S4. The largest absolute Gasteiger partial charge is 0.494 e. The van der Waals surface area contributed by atoms with Gasteiger partial charge in [0, 0.05) is 31.1 Å². The molecule has 0 bridgehead atoms. The van der Waals surface area contributed by atoms with Gasteiger partial charge in [0.2, 0.25) is 20.0 Å². The average Bonchev–Trinajstić information content (AvgIpc) is 3.34. The van der Waals surface area contributed by atoms with Gasteiger partial charge >= 0.3 is 0 Å². The molecule has 2 heterocycles. The Morgan fingerprint density at radius 1 is 1.08 bits per heavy atom. The number of ether oxygens (including phenoxy) is 1. The maximum atomic E-state index is 13.5. The minimum Gasteiger partial charge on any atom is -0.494 e. The smallest absolute Gasteiger partial charge is 0.263 e. The van der Waals surface area contributed by atoms with Crippen LogP contribution >= 0.6 is 11.3 Å². The van der Waals surface area contributed by atoms with Crippen molar-refractivity contribution in [1.82, 2.24) is 18.8 Å². The summed E-state index contributed by atoms with van der Waals surface area (Å²) in [6, 6.07) is 8.59. The molecular weight excluding hydrogens is 569 g/mol. The second kappa shape index (κ2) is 11.7. The van der Waals surface area contributed by atoms with E-state index in [1.165, 1.54) is 11.5 Å². The number of sulfonamides is 3. The van der Waals surface area contributed by atoms with Crippen molar-refractivity contribution in [2.45, 2.75) is 17.2 Å². The molecule has 3 N–H and O–H groups in total. The van der Waals surface area contributed by atoms with Crippen molar-refractivity contribution >= 4 is 47.3 Å². The van der Waals surface area contributed by atoms with Crippen molar-refractivity contribution in [1.29, 1.82) is 0 Å². The number of benzene rings is 1. The van der Waals surface area contributed by atoms with Gasteiger partial charge in [0.05, 0.1) is 18.6 Å². The van der Waals surface area contributed by atoms with E-state index in [1.54, 1.807) is 30.3 Å². The highest BCUT2D eigenvalue weighted by atomic mass is 32.2. The molecule has 13 nitrogen and oxygen atoms in total. The Hall–Kier alpha value is -2.12. The molecule has 3 rings (SSSR count). The fourth-order valence-corrected chi connectivity index (χ4v) is 8.63. The van der Waals surface area contributed by atoms with E-state index in [-0.39, 0.29) is 23.8 Å². The fourth-order valence-electron chi connectivity index (χ4n) is 3.67. The van der Waals surface area contributed by atoms with Crippen LogP contribution in [0, 0.1) is 0 Å². The highest BCUT2D eigenvalue weighted by molar-refractivity contribution is 7.91. The Morgan fingerprint density at radius 2 is 1.76 bits per heavy atom. The zero-order chi connectivity index (χ0) is 27.4. The van der Waals surface area contributed by atoms with E-state index in [2.05, 4.69) is 4.72 Å². The summed E-state index contributed by atoms with van der Waals surface area (Å²) in [6.07, 6.45) is 0.886. The molecule has 1 atom stereocenters. The summed E-state index contributed by atoms with van der Waals surface area (Å²) < 4.78 is 83.9. The molecule has 1 saturated heterocycles. The number of carbonyl (C=O) groups is 1. The first-order valence-electron chi connectivity index (χ1n) is 11.0. The summed E-state index contributed by atoms with van der Waals surface area (Å²) in [5.74, 6) is -1.01. The third kappa shape index (κ3) is 7.26. The first kappa shape index (κ1) is 29.4. The molecule has 0 spiro atoms. The predicted molar refractivity (Wildman–Crippen MR) is 137 cm³/mol. The topological polar surface area (TPSA) is 179 Å². The number of nitrogens with zero attached hydrogens (tertiary/aromatic N) is 2. The predicted octanol–water partition coefficient (Wildman–Crippen LogP) is -0.127. The lowest BCUT2D eigenvalue weighted by molar-refractivity contribution is -0.134. The van der Waals surface area contributed by atoms with E-state index >= 15 is 0 Å². The number of hydrogen-bond donors (Lipinski definition) is 3. The highest BCUT2D eigenvalue weighted by Gasteiger charge is 2.43. The zero-order valence-electron chi connectivity index (χ0n) is 20.0. The number of carbonyl (C=O) groups excluding carboxylic acids is 1. The SMILES string of the molecule is CCOc1ccc(-c2ccc(S(=O)(=O)N3CCN(S(=O)(=O)CCNS(C)(=O)=O)C[C@@H]3C(=O)NO)s2)cc1. The second-order valence-electron chi connectivity index (χ2n) is 8.02. The van der Waals surface area contributed by atoms with Gasteiger partial charge in [-0.1, -0.05) is 0 Å². The second-order valence-corrected chi connectivity index (χ2v) is 15.1. The lowest BCUT2D eigenvalue weighted by atomic mass is 10.2. The van der Waals surface area contributed by atoms with E-state index in [1.807, 2.05) is 6.92 Å². The minimum atomic E-state index is -4.23. The van der Waals surface area contributed by atoms with Crippen LogP contribution in [0.25, 0.3) is 10.4 Å². The molecule has 0 radical (unpaired) electrons. The highest BCUT2D eigenvalue weighted by Crippen LogP contribution is 2.34. The maximum Gasteiger partial charge on any atom is 0.263 e. The molecule has 1 aliphatic rings. The van der Waals surface area contributed by atoms with Gasteiger partial charge in [-0.05, 0) is 48.9 Å². The van der Waals surface area contributed by atoms with Gasteiger partial charge in [-0.25, -0.2) is 35.5 Å². The van der Waals surface area contributed by atoms with Crippen LogP contribution in [-0.4, -0.2) is 95.8 Å². The number of hydrogen-bond acceptors (Lipinski definition) is 10. The number of thiophene rings is 1. The number of amides is 1. The van der Waals surface area contributed by atoms with Crippen molar-refractivity contribution < 1.29 is 40.0 Å². The van der Waals surface area contributed by atoms with Crippen LogP contribution in [0.15, 0.2) is 40.6 Å². The van der Waals surface area contributed by atoms with Crippen LogP contribution < -0.4 is 14.9 Å². The molecule has 1 amide bonds. The number of rotatable bonds is 11. The Balaban J connectivity index is 1.81. The molecule has 0 saturated carbocycles. The van der Waals surface area contributed by atoms with Crippen molar-refractivity contribution in [3.05, 3.63) is 36.4 Å². The molecule has 1 aromatic heterocycles. The van der Waals surface area contributed by atoms with Gasteiger partial charge in [0.15, 0.2) is 0 Å². The summed E-state index contributed by atoms with van der Waals surface area (Å²) in [5, 5.41) is 9.20. The van der Waals surface area contributed by atoms with Gasteiger partial charge in [0.1, 0.15) is 16.0 Å². The normalized spacial score (nSPS) is 18.0. The lowest BCUT2D eigenvalue weighted by Crippen LogP contribution is -2.61. The average molecular weight is 597 g/mol. The first-order chi connectivity index (χ1) is 17.3. The van der Waals surface area contributed by atoms with Crippen molar-refractivity contribution in [2.75, 3.05) is 44.8 Å². The van der Waals surface area contributed by atoms with E-state index < -0.39 is 54.3 Å². The molecule has 2 aromatic rings. The quantitative estimate of drug-likeness (QED) is 0.235. The maximum absolute atomic E-state index is 13.5. The van der Waals surface area contributed by atoms with Gasteiger partial charge < -0.3 is 4.74 Å². The molecule has 0 unspecified atom stereocenters. The number of piperazine rings is 1. The molecule has 206 valence electrons. The molecule has 1 aliphatic heterocycles. The van der Waals surface area contributed by atoms with E-state index in [9.17, 15) is 35.3 Å².